The van der Waals surface area contributed by atoms with Crippen LogP contribution < -0.4 is 9.47 Å². The Balaban J connectivity index is 1.28. The standard InChI is InChI=1S/C23H23ClN2O4/c24-19-5-1-18(2-6-19)16-23(28)26-11-9-25(10-12-26)22(27)8-4-17-3-7-20-21(15-17)30-14-13-29-20/h1-8,15H,9-14,16H2/b8-4+. The number of nitrogens with zero attached hydrogens (tertiary/aromatic N) is 2. The lowest BCUT2D eigenvalue weighted by molar-refractivity contribution is -0.136. The van der Waals surface area contributed by atoms with Gasteiger partial charge in [-0.3, -0.25) is 9.59 Å². The molecule has 2 aliphatic rings. The summed E-state index contributed by atoms with van der Waals surface area (Å²) in [5.74, 6) is 1.43. The molecule has 2 aliphatic heterocycles. The zero-order chi connectivity index (χ0) is 20.9. The van der Waals surface area contributed by atoms with Crippen molar-refractivity contribution in [2.24, 2.45) is 0 Å². The lowest BCUT2D eigenvalue weighted by Crippen LogP contribution is -2.50. The Kier molecular flexibility index (Phi) is 6.23. The molecule has 30 heavy (non-hydrogen) atoms. The van der Waals surface area contributed by atoms with Gasteiger partial charge < -0.3 is 19.3 Å². The van der Waals surface area contributed by atoms with Crippen molar-refractivity contribution in [2.75, 3.05) is 39.4 Å². The Morgan fingerprint density at radius 2 is 1.57 bits per heavy atom. The van der Waals surface area contributed by atoms with Gasteiger partial charge in [-0.1, -0.05) is 29.8 Å². The number of amides is 2. The smallest absolute Gasteiger partial charge is 0.246 e. The average Bonchev–Trinajstić information content (AvgIpc) is 2.79. The number of rotatable bonds is 4. The number of fused-ring (bicyclic) bond motifs is 1. The minimum Gasteiger partial charge on any atom is -0.486 e. The lowest BCUT2D eigenvalue weighted by atomic mass is 10.1. The number of carbonyl (C=O) groups is 2. The number of piperazine rings is 1. The second-order valence-corrected chi connectivity index (χ2v) is 7.68. The second kappa shape index (κ2) is 9.22. The van der Waals surface area contributed by atoms with E-state index in [4.69, 9.17) is 21.1 Å². The second-order valence-electron chi connectivity index (χ2n) is 7.25. The Morgan fingerprint density at radius 3 is 2.30 bits per heavy atom. The molecule has 156 valence electrons. The van der Waals surface area contributed by atoms with E-state index >= 15 is 0 Å². The Bertz CT molecular complexity index is 950. The van der Waals surface area contributed by atoms with Gasteiger partial charge in [0.25, 0.3) is 0 Å². The Hall–Kier alpha value is -2.99. The summed E-state index contributed by atoms with van der Waals surface area (Å²) >= 11 is 5.89. The first-order valence-corrected chi connectivity index (χ1v) is 10.4. The molecule has 0 radical (unpaired) electrons. The maximum atomic E-state index is 12.5. The first kappa shape index (κ1) is 20.3. The van der Waals surface area contributed by atoms with Gasteiger partial charge in [0.2, 0.25) is 11.8 Å². The predicted molar refractivity (Wildman–Crippen MR) is 115 cm³/mol. The normalized spacial score (nSPS) is 16.0. The van der Waals surface area contributed by atoms with Gasteiger partial charge >= 0.3 is 0 Å². The third-order valence-electron chi connectivity index (χ3n) is 5.20. The maximum absolute atomic E-state index is 12.5. The molecule has 0 aromatic heterocycles. The Morgan fingerprint density at radius 1 is 0.900 bits per heavy atom. The summed E-state index contributed by atoms with van der Waals surface area (Å²) in [6.07, 6.45) is 3.68. The van der Waals surface area contributed by atoms with Crippen LogP contribution in [-0.2, 0) is 16.0 Å². The first-order chi connectivity index (χ1) is 14.6. The van der Waals surface area contributed by atoms with Gasteiger partial charge in [-0.2, -0.15) is 0 Å². The van der Waals surface area contributed by atoms with Crippen LogP contribution in [0.3, 0.4) is 0 Å². The fraction of sp³-hybridized carbons (Fsp3) is 0.304. The number of halogens is 1. The van der Waals surface area contributed by atoms with E-state index in [1.165, 1.54) is 0 Å². The fourth-order valence-electron chi connectivity index (χ4n) is 3.50. The highest BCUT2D eigenvalue weighted by atomic mass is 35.5. The van der Waals surface area contributed by atoms with Crippen molar-refractivity contribution >= 4 is 29.5 Å². The van der Waals surface area contributed by atoms with Crippen LogP contribution in [0.25, 0.3) is 6.08 Å². The number of benzene rings is 2. The highest BCUT2D eigenvalue weighted by Crippen LogP contribution is 2.31. The predicted octanol–water partition coefficient (Wildman–Crippen LogP) is 3.04. The molecule has 0 spiro atoms. The summed E-state index contributed by atoms with van der Waals surface area (Å²) in [5.41, 5.74) is 1.81. The summed E-state index contributed by atoms with van der Waals surface area (Å²) in [6.45, 7) is 3.20. The van der Waals surface area contributed by atoms with E-state index in [1.54, 1.807) is 29.2 Å². The third-order valence-corrected chi connectivity index (χ3v) is 5.45. The SMILES string of the molecule is O=C(/C=C/c1ccc2c(c1)OCCO2)N1CCN(C(=O)Cc2ccc(Cl)cc2)CC1. The van der Waals surface area contributed by atoms with Crippen molar-refractivity contribution in [1.82, 2.24) is 9.80 Å². The van der Waals surface area contributed by atoms with Crippen LogP contribution in [-0.4, -0.2) is 61.0 Å². The van der Waals surface area contributed by atoms with Gasteiger partial charge in [-0.05, 0) is 41.5 Å². The van der Waals surface area contributed by atoms with Crippen molar-refractivity contribution < 1.29 is 19.1 Å². The van der Waals surface area contributed by atoms with Gasteiger partial charge in [-0.15, -0.1) is 0 Å². The van der Waals surface area contributed by atoms with Crippen LogP contribution in [0.1, 0.15) is 11.1 Å². The average molecular weight is 427 g/mol. The quantitative estimate of drug-likeness (QED) is 0.705. The van der Waals surface area contributed by atoms with E-state index in [0.29, 0.717) is 56.6 Å². The van der Waals surface area contributed by atoms with Gasteiger partial charge in [0.05, 0.1) is 6.42 Å². The molecule has 0 bridgehead atoms. The molecule has 0 atom stereocenters. The number of ether oxygens (including phenoxy) is 2. The molecular weight excluding hydrogens is 404 g/mol. The highest BCUT2D eigenvalue weighted by Gasteiger charge is 2.23. The number of hydrogen-bond acceptors (Lipinski definition) is 4. The van der Waals surface area contributed by atoms with E-state index in [1.807, 2.05) is 35.2 Å². The van der Waals surface area contributed by atoms with Crippen molar-refractivity contribution in [3.05, 3.63) is 64.7 Å². The summed E-state index contributed by atoms with van der Waals surface area (Å²) in [6, 6.07) is 12.9. The zero-order valence-corrected chi connectivity index (χ0v) is 17.3. The molecule has 6 nitrogen and oxygen atoms in total. The van der Waals surface area contributed by atoms with E-state index < -0.39 is 0 Å². The Labute approximate surface area is 180 Å². The molecule has 7 heteroatoms. The summed E-state index contributed by atoms with van der Waals surface area (Å²) in [7, 11) is 0. The lowest BCUT2D eigenvalue weighted by Gasteiger charge is -2.34. The maximum Gasteiger partial charge on any atom is 0.246 e. The minimum absolute atomic E-state index is 0.0605. The molecule has 0 aliphatic carbocycles. The van der Waals surface area contributed by atoms with E-state index in [2.05, 4.69) is 0 Å². The van der Waals surface area contributed by atoms with Crippen LogP contribution in [0.15, 0.2) is 48.5 Å². The number of hydrogen-bond donors (Lipinski definition) is 0. The van der Waals surface area contributed by atoms with Crippen molar-refractivity contribution in [1.29, 1.82) is 0 Å². The van der Waals surface area contributed by atoms with Gasteiger partial charge in [0.1, 0.15) is 13.2 Å². The largest absolute Gasteiger partial charge is 0.486 e. The van der Waals surface area contributed by atoms with Gasteiger partial charge in [0, 0.05) is 37.3 Å². The minimum atomic E-state index is -0.0605. The number of carbonyl (C=O) groups excluding carboxylic acids is 2. The van der Waals surface area contributed by atoms with Crippen molar-refractivity contribution in [3.63, 3.8) is 0 Å². The van der Waals surface area contributed by atoms with Crippen LogP contribution in [0, 0.1) is 0 Å². The molecule has 0 saturated carbocycles. The molecule has 2 amide bonds. The molecular formula is C23H23ClN2O4. The van der Waals surface area contributed by atoms with E-state index in [9.17, 15) is 9.59 Å². The molecule has 2 heterocycles. The molecule has 1 saturated heterocycles. The van der Waals surface area contributed by atoms with Crippen molar-refractivity contribution in [2.45, 2.75) is 6.42 Å². The molecule has 0 unspecified atom stereocenters. The van der Waals surface area contributed by atoms with Crippen LogP contribution in [0.2, 0.25) is 5.02 Å². The molecule has 2 aromatic carbocycles. The van der Waals surface area contributed by atoms with E-state index in [-0.39, 0.29) is 11.8 Å². The fourth-order valence-corrected chi connectivity index (χ4v) is 3.63. The first-order valence-electron chi connectivity index (χ1n) is 9.97. The van der Waals surface area contributed by atoms with Crippen LogP contribution >= 0.6 is 11.6 Å². The summed E-state index contributed by atoms with van der Waals surface area (Å²) in [5, 5.41) is 0.655. The molecule has 2 aromatic rings. The highest BCUT2D eigenvalue weighted by molar-refractivity contribution is 6.30. The summed E-state index contributed by atoms with van der Waals surface area (Å²) in [4.78, 5) is 28.6. The topological polar surface area (TPSA) is 59.1 Å². The van der Waals surface area contributed by atoms with Crippen LogP contribution in [0.5, 0.6) is 11.5 Å². The third kappa shape index (κ3) is 4.94. The summed E-state index contributed by atoms with van der Waals surface area (Å²) < 4.78 is 11.1. The molecule has 4 rings (SSSR count). The van der Waals surface area contributed by atoms with Gasteiger partial charge in [-0.25, -0.2) is 0 Å². The molecule has 1 fully saturated rings. The zero-order valence-electron chi connectivity index (χ0n) is 16.6. The molecule has 0 N–H and O–H groups in total. The van der Waals surface area contributed by atoms with Crippen LogP contribution in [0.4, 0.5) is 0 Å². The van der Waals surface area contributed by atoms with E-state index in [0.717, 1.165) is 16.9 Å². The van der Waals surface area contributed by atoms with Crippen molar-refractivity contribution in [3.8, 4) is 11.5 Å². The van der Waals surface area contributed by atoms with Gasteiger partial charge in [0.15, 0.2) is 11.5 Å². The monoisotopic (exact) mass is 426 g/mol.